The van der Waals surface area contributed by atoms with Crippen LogP contribution in [0.5, 0.6) is 0 Å². The van der Waals surface area contributed by atoms with Crippen molar-refractivity contribution < 1.29 is 17.6 Å². The first-order valence-electron chi connectivity index (χ1n) is 6.46. The normalized spacial score (nSPS) is 16.2. The Hall–Kier alpha value is -1.97. The minimum Gasteiger partial charge on any atom is -0.351 e. The smallest absolute Gasteiger partial charge is 0.351 e. The van der Waals surface area contributed by atoms with Crippen LogP contribution in [0.2, 0.25) is 0 Å². The minimum absolute atomic E-state index is 0.230. The molecule has 2 aromatic heterocycles. The van der Waals surface area contributed by atoms with Crippen molar-refractivity contribution in [2.75, 3.05) is 36.0 Å². The zero-order chi connectivity index (χ0) is 15.7. The molecule has 22 heavy (non-hydrogen) atoms. The van der Waals surface area contributed by atoms with Gasteiger partial charge in [0, 0.05) is 43.9 Å². The Morgan fingerprint density at radius 1 is 1.09 bits per heavy atom. The quantitative estimate of drug-likeness (QED) is 0.790. The van der Waals surface area contributed by atoms with Gasteiger partial charge in [0.25, 0.3) is 0 Å². The van der Waals surface area contributed by atoms with Gasteiger partial charge in [0.05, 0.1) is 0 Å². The topological polar surface area (TPSA) is 45.2 Å². The Kier molecular flexibility index (Phi) is 3.85. The molecule has 3 heterocycles. The molecule has 0 atom stereocenters. The van der Waals surface area contributed by atoms with Crippen LogP contribution in [-0.4, -0.2) is 40.5 Å². The number of hydrogen-bond donors (Lipinski definition) is 0. The lowest BCUT2D eigenvalue weighted by atomic mass is 10.3. The van der Waals surface area contributed by atoms with Gasteiger partial charge in [0.1, 0.15) is 0 Å². The third-order valence-corrected chi connectivity index (χ3v) is 4.03. The predicted molar refractivity (Wildman–Crippen MR) is 73.5 cm³/mol. The fourth-order valence-corrected chi connectivity index (χ4v) is 2.92. The predicted octanol–water partition coefficient (Wildman–Crippen LogP) is 2.42. The zero-order valence-electron chi connectivity index (χ0n) is 11.2. The number of nitrogens with zero attached hydrogens (tertiary/aromatic N) is 5. The molecule has 0 radical (unpaired) electrons. The number of anilines is 2. The molecule has 0 amide bonds. The first-order valence-corrected chi connectivity index (χ1v) is 7.24. The van der Waals surface area contributed by atoms with Gasteiger partial charge in [-0.2, -0.15) is 22.5 Å². The number of halogens is 4. The van der Waals surface area contributed by atoms with Gasteiger partial charge in [0.15, 0.2) is 11.6 Å². The molecule has 0 N–H and O–H groups in total. The fraction of sp³-hybridized carbons (Fsp3) is 0.417. The Balaban J connectivity index is 1.67. The van der Waals surface area contributed by atoms with Gasteiger partial charge < -0.3 is 9.80 Å². The summed E-state index contributed by atoms with van der Waals surface area (Å²) >= 11 is 0.720. The number of aromatic nitrogens is 3. The highest BCUT2D eigenvalue weighted by Gasteiger charge is 2.37. The van der Waals surface area contributed by atoms with Gasteiger partial charge in [-0.1, -0.05) is 0 Å². The van der Waals surface area contributed by atoms with Crippen LogP contribution in [-0.2, 0) is 6.18 Å². The molecule has 3 rings (SSSR count). The van der Waals surface area contributed by atoms with E-state index in [4.69, 9.17) is 0 Å². The largest absolute Gasteiger partial charge is 0.452 e. The highest BCUT2D eigenvalue weighted by molar-refractivity contribution is 7.09. The van der Waals surface area contributed by atoms with E-state index in [1.165, 1.54) is 18.3 Å². The standard InChI is InChI=1S/C12H11F4N5S/c13-8-2-1-3-17-9(8)20-4-6-21(7-5-20)11-18-10(19-22-11)12(14,15)16/h1-3H,4-7H2. The summed E-state index contributed by atoms with van der Waals surface area (Å²) in [5, 5.41) is 0.230. The van der Waals surface area contributed by atoms with Crippen molar-refractivity contribution in [1.29, 1.82) is 0 Å². The Bertz CT molecular complexity index is 651. The van der Waals surface area contributed by atoms with E-state index in [9.17, 15) is 17.6 Å². The molecular weight excluding hydrogens is 322 g/mol. The van der Waals surface area contributed by atoms with Crippen LogP contribution < -0.4 is 9.80 Å². The highest BCUT2D eigenvalue weighted by atomic mass is 32.1. The zero-order valence-corrected chi connectivity index (χ0v) is 12.0. The number of alkyl halides is 3. The van der Waals surface area contributed by atoms with Crippen molar-refractivity contribution >= 4 is 22.5 Å². The molecule has 10 heteroatoms. The second-order valence-electron chi connectivity index (χ2n) is 4.68. The molecule has 1 saturated heterocycles. The number of pyridine rings is 1. The van der Waals surface area contributed by atoms with E-state index in [2.05, 4.69) is 14.3 Å². The molecule has 1 aliphatic rings. The van der Waals surface area contributed by atoms with E-state index in [0.717, 1.165) is 11.5 Å². The Morgan fingerprint density at radius 2 is 1.77 bits per heavy atom. The fourth-order valence-electron chi connectivity index (χ4n) is 2.18. The van der Waals surface area contributed by atoms with Crippen LogP contribution in [0.25, 0.3) is 0 Å². The highest BCUT2D eigenvalue weighted by Crippen LogP contribution is 2.30. The maximum Gasteiger partial charge on any atom is 0.452 e. The molecule has 0 aliphatic carbocycles. The van der Waals surface area contributed by atoms with Crippen LogP contribution in [0.1, 0.15) is 5.82 Å². The summed E-state index contributed by atoms with van der Waals surface area (Å²) in [7, 11) is 0. The van der Waals surface area contributed by atoms with Crippen molar-refractivity contribution in [2.45, 2.75) is 6.18 Å². The van der Waals surface area contributed by atoms with Crippen molar-refractivity contribution in [1.82, 2.24) is 14.3 Å². The van der Waals surface area contributed by atoms with Crippen molar-refractivity contribution in [2.24, 2.45) is 0 Å². The summed E-state index contributed by atoms with van der Waals surface area (Å²) in [6, 6.07) is 2.84. The van der Waals surface area contributed by atoms with Crippen LogP contribution in [0, 0.1) is 5.82 Å². The van der Waals surface area contributed by atoms with Gasteiger partial charge in [-0.25, -0.2) is 9.37 Å². The van der Waals surface area contributed by atoms with Crippen LogP contribution in [0.15, 0.2) is 18.3 Å². The molecular formula is C12H11F4N5S. The summed E-state index contributed by atoms with van der Waals surface area (Å²) in [5.74, 6) is -1.27. The molecule has 5 nitrogen and oxygen atoms in total. The Morgan fingerprint density at radius 3 is 2.36 bits per heavy atom. The van der Waals surface area contributed by atoms with Gasteiger partial charge >= 0.3 is 6.18 Å². The lowest BCUT2D eigenvalue weighted by molar-refractivity contribution is -0.144. The first-order chi connectivity index (χ1) is 10.4. The SMILES string of the molecule is Fc1cccnc1N1CCN(c2nc(C(F)(F)F)ns2)CC1. The maximum atomic E-state index is 13.7. The lowest BCUT2D eigenvalue weighted by Gasteiger charge is -2.35. The Labute approximate surface area is 127 Å². The van der Waals surface area contributed by atoms with E-state index in [-0.39, 0.29) is 10.9 Å². The summed E-state index contributed by atoms with van der Waals surface area (Å²) in [6.07, 6.45) is -3.03. The molecule has 1 fully saturated rings. The average Bonchev–Trinajstić information content (AvgIpc) is 2.98. The van der Waals surface area contributed by atoms with Crippen molar-refractivity contribution in [3.05, 3.63) is 30.0 Å². The molecule has 0 aromatic carbocycles. The van der Waals surface area contributed by atoms with E-state index in [1.54, 1.807) is 9.80 Å². The van der Waals surface area contributed by atoms with E-state index in [1.807, 2.05) is 0 Å². The van der Waals surface area contributed by atoms with Crippen molar-refractivity contribution in [3.63, 3.8) is 0 Å². The van der Waals surface area contributed by atoms with Crippen LogP contribution in [0.4, 0.5) is 28.5 Å². The monoisotopic (exact) mass is 333 g/mol. The van der Waals surface area contributed by atoms with Gasteiger partial charge in [-0.05, 0) is 12.1 Å². The minimum atomic E-state index is -4.53. The average molecular weight is 333 g/mol. The lowest BCUT2D eigenvalue weighted by Crippen LogP contribution is -2.47. The molecule has 0 saturated carbocycles. The summed E-state index contributed by atoms with van der Waals surface area (Å²) in [6.45, 7) is 1.77. The van der Waals surface area contributed by atoms with E-state index < -0.39 is 17.8 Å². The third kappa shape index (κ3) is 2.96. The molecule has 118 valence electrons. The first kappa shape index (κ1) is 14.9. The van der Waals surface area contributed by atoms with E-state index in [0.29, 0.717) is 26.2 Å². The summed E-state index contributed by atoms with van der Waals surface area (Å²) in [4.78, 5) is 11.0. The number of hydrogen-bond acceptors (Lipinski definition) is 6. The van der Waals surface area contributed by atoms with Gasteiger partial charge in [-0.3, -0.25) is 0 Å². The second kappa shape index (κ2) is 5.67. The summed E-state index contributed by atoms with van der Waals surface area (Å²) < 4.78 is 54.5. The third-order valence-electron chi connectivity index (χ3n) is 3.26. The van der Waals surface area contributed by atoms with Crippen molar-refractivity contribution in [3.8, 4) is 0 Å². The molecule has 0 bridgehead atoms. The number of rotatable bonds is 2. The number of piperazine rings is 1. The van der Waals surface area contributed by atoms with Gasteiger partial charge in [0.2, 0.25) is 11.0 Å². The maximum absolute atomic E-state index is 13.7. The summed E-state index contributed by atoms with van der Waals surface area (Å²) in [5.41, 5.74) is 0. The van der Waals surface area contributed by atoms with Crippen LogP contribution in [0.3, 0.4) is 0 Å². The molecule has 2 aromatic rings. The molecule has 1 aliphatic heterocycles. The second-order valence-corrected chi connectivity index (χ2v) is 5.41. The van der Waals surface area contributed by atoms with Crippen LogP contribution >= 0.6 is 11.5 Å². The van der Waals surface area contributed by atoms with E-state index >= 15 is 0 Å². The molecule has 0 unspecified atom stereocenters. The molecule has 0 spiro atoms. The van der Waals surface area contributed by atoms with Gasteiger partial charge in [-0.15, -0.1) is 0 Å².